The molecule has 1 aromatic heterocycles. The number of carbonyl (C=O) groups is 2. The van der Waals surface area contributed by atoms with Crippen molar-refractivity contribution in [2.75, 3.05) is 13.7 Å². The van der Waals surface area contributed by atoms with Gasteiger partial charge in [0.2, 0.25) is 17.7 Å². The smallest absolute Gasteiger partial charge is 0.328 e. The molecule has 4 rings (SSSR count). The molecule has 0 N–H and O–H groups in total. The van der Waals surface area contributed by atoms with Crippen LogP contribution in [-0.2, 0) is 20.7 Å². The Hall–Kier alpha value is -2.41. The number of ether oxygens (including phenoxy) is 1. The number of nitrogens with zero attached hydrogens (tertiary/aromatic N) is 3. The van der Waals surface area contributed by atoms with Crippen LogP contribution in [0.5, 0.6) is 0 Å². The second-order valence-corrected chi connectivity index (χ2v) is 7.46. The van der Waals surface area contributed by atoms with Gasteiger partial charge in [0.05, 0.1) is 7.11 Å². The van der Waals surface area contributed by atoms with Gasteiger partial charge in [0.1, 0.15) is 6.04 Å². The molecule has 2 fully saturated rings. The third kappa shape index (κ3) is 3.43. The molecular weight excluding hydrogens is 370 g/mol. The first kappa shape index (κ1) is 18.0. The Morgan fingerprint density at radius 2 is 2.04 bits per heavy atom. The van der Waals surface area contributed by atoms with Gasteiger partial charge in [0, 0.05) is 30.0 Å². The zero-order valence-electron chi connectivity index (χ0n) is 14.9. The lowest BCUT2D eigenvalue weighted by Gasteiger charge is -2.31. The Kier molecular flexibility index (Phi) is 4.86. The molecule has 0 spiro atoms. The Bertz CT molecular complexity index is 851. The zero-order chi connectivity index (χ0) is 19.0. The maximum absolute atomic E-state index is 12.7. The highest BCUT2D eigenvalue weighted by molar-refractivity contribution is 6.30. The Morgan fingerprint density at radius 3 is 2.70 bits per heavy atom. The van der Waals surface area contributed by atoms with Crippen molar-refractivity contribution in [1.29, 1.82) is 0 Å². The first-order valence-electron chi connectivity index (χ1n) is 9.02. The topological polar surface area (TPSA) is 85.5 Å². The minimum Gasteiger partial charge on any atom is -0.467 e. The van der Waals surface area contributed by atoms with Crippen LogP contribution in [0.15, 0.2) is 28.7 Å². The minimum absolute atomic E-state index is 0.0777. The monoisotopic (exact) mass is 389 g/mol. The van der Waals surface area contributed by atoms with Crippen LogP contribution in [-0.4, -0.2) is 46.7 Å². The van der Waals surface area contributed by atoms with Crippen molar-refractivity contribution in [3.8, 4) is 11.5 Å². The quantitative estimate of drug-likeness (QED) is 0.731. The molecule has 1 saturated heterocycles. The van der Waals surface area contributed by atoms with E-state index in [0.29, 0.717) is 35.7 Å². The summed E-state index contributed by atoms with van der Waals surface area (Å²) in [6.45, 7) is 0.628. The van der Waals surface area contributed by atoms with E-state index in [1.807, 2.05) is 0 Å². The zero-order valence-corrected chi connectivity index (χ0v) is 15.7. The molecule has 1 aliphatic heterocycles. The highest BCUT2D eigenvalue weighted by Gasteiger charge is 2.52. The number of esters is 1. The van der Waals surface area contributed by atoms with Gasteiger partial charge in [-0.2, -0.15) is 0 Å². The first-order valence-corrected chi connectivity index (χ1v) is 9.40. The fourth-order valence-electron chi connectivity index (χ4n) is 3.94. The predicted octanol–water partition coefficient (Wildman–Crippen LogP) is 2.73. The van der Waals surface area contributed by atoms with Gasteiger partial charge in [-0.3, -0.25) is 4.79 Å². The maximum Gasteiger partial charge on any atom is 0.328 e. The van der Waals surface area contributed by atoms with Gasteiger partial charge < -0.3 is 14.1 Å². The summed E-state index contributed by atoms with van der Waals surface area (Å²) in [5, 5.41) is 8.67. The third-order valence-electron chi connectivity index (χ3n) is 5.52. The van der Waals surface area contributed by atoms with E-state index in [4.69, 9.17) is 20.8 Å². The summed E-state index contributed by atoms with van der Waals surface area (Å²) in [5.41, 5.74) is 0.770. The molecule has 142 valence electrons. The van der Waals surface area contributed by atoms with E-state index in [-0.39, 0.29) is 24.2 Å². The van der Waals surface area contributed by atoms with Crippen molar-refractivity contribution in [3.63, 3.8) is 0 Å². The normalized spacial score (nSPS) is 23.6. The molecule has 0 bridgehead atoms. The summed E-state index contributed by atoms with van der Waals surface area (Å²) in [6.07, 6.45) is 2.59. The fraction of sp³-hybridized carbons (Fsp3) is 0.474. The van der Waals surface area contributed by atoms with E-state index in [2.05, 4.69) is 10.2 Å². The van der Waals surface area contributed by atoms with Crippen LogP contribution in [0.1, 0.15) is 25.2 Å². The van der Waals surface area contributed by atoms with Gasteiger partial charge in [0.25, 0.3) is 0 Å². The predicted molar refractivity (Wildman–Crippen MR) is 96.8 cm³/mol. The second-order valence-electron chi connectivity index (χ2n) is 7.02. The number of rotatable bonds is 5. The number of carbonyl (C=O) groups excluding carboxylic acids is 2. The third-order valence-corrected chi connectivity index (χ3v) is 5.77. The van der Waals surface area contributed by atoms with Crippen molar-refractivity contribution in [2.45, 2.75) is 31.7 Å². The van der Waals surface area contributed by atoms with Gasteiger partial charge in [0.15, 0.2) is 0 Å². The molecule has 1 amide bonds. The number of halogens is 1. The van der Waals surface area contributed by atoms with Crippen LogP contribution < -0.4 is 0 Å². The summed E-state index contributed by atoms with van der Waals surface area (Å²) < 4.78 is 10.6. The summed E-state index contributed by atoms with van der Waals surface area (Å²) in [4.78, 5) is 26.5. The summed E-state index contributed by atoms with van der Waals surface area (Å²) in [6, 6.07) is 6.64. The van der Waals surface area contributed by atoms with E-state index >= 15 is 0 Å². The van der Waals surface area contributed by atoms with Gasteiger partial charge in [-0.15, -0.1) is 10.2 Å². The molecule has 2 aromatic rings. The van der Waals surface area contributed by atoms with Gasteiger partial charge in [-0.25, -0.2) is 4.79 Å². The van der Waals surface area contributed by atoms with Crippen LogP contribution in [0.2, 0.25) is 5.02 Å². The van der Waals surface area contributed by atoms with Crippen molar-refractivity contribution >= 4 is 23.5 Å². The number of methoxy groups -OCH3 is 1. The summed E-state index contributed by atoms with van der Waals surface area (Å²) in [5.74, 6) is 1.04. The molecule has 2 aliphatic rings. The minimum atomic E-state index is -0.450. The number of fused-ring (bicyclic) bond motifs is 1. The number of likely N-dealkylation sites (tertiary alicyclic amines) is 1. The van der Waals surface area contributed by atoms with Crippen LogP contribution in [0.3, 0.4) is 0 Å². The number of amides is 1. The Balaban J connectivity index is 1.39. The fourth-order valence-corrected chi connectivity index (χ4v) is 4.06. The SMILES string of the molecule is COC(=O)[C@@H]1[C@@H]2CC[C@@H]2CN1C(=O)CCc1nnc(-c2ccc(Cl)cc2)o1. The van der Waals surface area contributed by atoms with Crippen LogP contribution >= 0.6 is 11.6 Å². The molecule has 0 radical (unpaired) electrons. The second kappa shape index (κ2) is 7.31. The van der Waals surface area contributed by atoms with Gasteiger partial charge >= 0.3 is 5.97 Å². The first-order chi connectivity index (χ1) is 13.1. The van der Waals surface area contributed by atoms with Crippen LogP contribution in [0.25, 0.3) is 11.5 Å². The lowest BCUT2D eigenvalue weighted by Crippen LogP contribution is -2.44. The largest absolute Gasteiger partial charge is 0.467 e. The molecule has 27 heavy (non-hydrogen) atoms. The van der Waals surface area contributed by atoms with E-state index in [9.17, 15) is 9.59 Å². The number of aromatic nitrogens is 2. The van der Waals surface area contributed by atoms with Crippen molar-refractivity contribution < 1.29 is 18.7 Å². The summed E-state index contributed by atoms with van der Waals surface area (Å²) in [7, 11) is 1.37. The van der Waals surface area contributed by atoms with E-state index in [0.717, 1.165) is 18.4 Å². The molecular formula is C19H20ClN3O4. The molecule has 1 saturated carbocycles. The Morgan fingerprint density at radius 1 is 1.26 bits per heavy atom. The maximum atomic E-state index is 12.7. The standard InChI is InChI=1S/C19H20ClN3O4/c1-26-19(25)17-14-7-4-12(14)10-23(17)16(24)9-8-15-21-22-18(27-15)11-2-5-13(20)6-3-11/h2-3,5-6,12,14,17H,4,7-10H2,1H3/t12-,14-,17+/m1/s1. The molecule has 8 heteroatoms. The highest BCUT2D eigenvalue weighted by Crippen LogP contribution is 2.45. The lowest BCUT2D eigenvalue weighted by atomic mass is 9.73. The molecule has 1 aromatic carbocycles. The number of hydrogen-bond acceptors (Lipinski definition) is 6. The lowest BCUT2D eigenvalue weighted by molar-refractivity contribution is -0.152. The van der Waals surface area contributed by atoms with Gasteiger partial charge in [-0.05, 0) is 48.9 Å². The number of hydrogen-bond donors (Lipinski definition) is 0. The highest BCUT2D eigenvalue weighted by atomic mass is 35.5. The number of benzene rings is 1. The van der Waals surface area contributed by atoms with Gasteiger partial charge in [-0.1, -0.05) is 11.6 Å². The number of aryl methyl sites for hydroxylation is 1. The average molecular weight is 390 g/mol. The molecule has 0 unspecified atom stereocenters. The van der Waals surface area contributed by atoms with Crippen molar-refractivity contribution in [2.24, 2.45) is 11.8 Å². The van der Waals surface area contributed by atoms with Crippen LogP contribution in [0.4, 0.5) is 0 Å². The Labute approximate surface area is 161 Å². The van der Waals surface area contributed by atoms with Crippen molar-refractivity contribution in [1.82, 2.24) is 15.1 Å². The molecule has 2 heterocycles. The molecule has 3 atom stereocenters. The molecule has 1 aliphatic carbocycles. The summed E-state index contributed by atoms with van der Waals surface area (Å²) >= 11 is 5.88. The molecule has 7 nitrogen and oxygen atoms in total. The van der Waals surface area contributed by atoms with E-state index < -0.39 is 6.04 Å². The van der Waals surface area contributed by atoms with Crippen LogP contribution in [0, 0.1) is 11.8 Å². The van der Waals surface area contributed by atoms with E-state index in [1.165, 1.54) is 7.11 Å². The average Bonchev–Trinajstić information content (AvgIpc) is 3.22. The van der Waals surface area contributed by atoms with Crippen molar-refractivity contribution in [3.05, 3.63) is 35.2 Å². The van der Waals surface area contributed by atoms with E-state index in [1.54, 1.807) is 29.2 Å².